The van der Waals surface area contributed by atoms with Crippen LogP contribution in [0.3, 0.4) is 0 Å². The number of aliphatic hydroxyl groups is 1. The quantitative estimate of drug-likeness (QED) is 0.703. The Morgan fingerprint density at radius 1 is 1.32 bits per heavy atom. The normalized spacial score (nSPS) is 12.7. The number of fused-ring (bicyclic) bond motifs is 1. The molecule has 0 spiro atoms. The summed E-state index contributed by atoms with van der Waals surface area (Å²) in [5.41, 5.74) is 2.15. The summed E-state index contributed by atoms with van der Waals surface area (Å²) in [5.74, 6) is 0.705. The molecule has 2 N–H and O–H groups in total. The number of aromatic nitrogens is 5. The van der Waals surface area contributed by atoms with E-state index in [4.69, 9.17) is 5.11 Å². The van der Waals surface area contributed by atoms with Crippen LogP contribution in [0.2, 0.25) is 0 Å². The van der Waals surface area contributed by atoms with E-state index < -0.39 is 0 Å². The van der Waals surface area contributed by atoms with E-state index in [-0.39, 0.29) is 24.5 Å². The number of aryl methyl sites for hydroxylation is 1. The van der Waals surface area contributed by atoms with E-state index in [9.17, 15) is 4.79 Å². The van der Waals surface area contributed by atoms with Gasteiger partial charge in [-0.3, -0.25) is 9.48 Å². The van der Waals surface area contributed by atoms with E-state index >= 15 is 0 Å². The summed E-state index contributed by atoms with van der Waals surface area (Å²) in [7, 11) is 1.81. The fourth-order valence-electron chi connectivity index (χ4n) is 2.83. The molecule has 0 saturated heterocycles. The molecule has 1 atom stereocenters. The summed E-state index contributed by atoms with van der Waals surface area (Å²) in [6.45, 7) is 4.57. The summed E-state index contributed by atoms with van der Waals surface area (Å²) < 4.78 is 3.53. The van der Waals surface area contributed by atoms with Gasteiger partial charge in [-0.05, 0) is 24.1 Å². The SMILES string of the molecule is CC(C)C(NC(=O)c1ccc2c(c1)ncn2CCO)c1ncnn1C. The van der Waals surface area contributed by atoms with Gasteiger partial charge in [0.2, 0.25) is 0 Å². The molecule has 1 unspecified atom stereocenters. The predicted molar refractivity (Wildman–Crippen MR) is 92.9 cm³/mol. The maximum atomic E-state index is 12.7. The number of aliphatic hydroxyl groups excluding tert-OH is 1. The zero-order chi connectivity index (χ0) is 18.0. The van der Waals surface area contributed by atoms with Gasteiger partial charge in [-0.2, -0.15) is 5.10 Å². The molecule has 8 heteroatoms. The van der Waals surface area contributed by atoms with Crippen molar-refractivity contribution in [3.05, 3.63) is 42.2 Å². The Hall–Kier alpha value is -2.74. The van der Waals surface area contributed by atoms with Crippen molar-refractivity contribution >= 4 is 16.9 Å². The first-order chi connectivity index (χ1) is 12.0. The lowest BCUT2D eigenvalue weighted by Crippen LogP contribution is -2.33. The molecule has 2 heterocycles. The van der Waals surface area contributed by atoms with Gasteiger partial charge >= 0.3 is 0 Å². The molecule has 3 aromatic rings. The first kappa shape index (κ1) is 17.1. The molecule has 0 fully saturated rings. The van der Waals surface area contributed by atoms with Crippen molar-refractivity contribution in [1.82, 2.24) is 29.6 Å². The summed E-state index contributed by atoms with van der Waals surface area (Å²) >= 11 is 0. The van der Waals surface area contributed by atoms with Gasteiger partial charge in [-0.15, -0.1) is 0 Å². The highest BCUT2D eigenvalue weighted by molar-refractivity contribution is 5.97. The number of hydrogen-bond donors (Lipinski definition) is 2. The first-order valence-corrected chi connectivity index (χ1v) is 8.21. The molecule has 1 amide bonds. The van der Waals surface area contributed by atoms with Crippen molar-refractivity contribution in [3.8, 4) is 0 Å². The first-order valence-electron chi connectivity index (χ1n) is 8.21. The lowest BCUT2D eigenvalue weighted by atomic mass is 10.0. The fourth-order valence-corrected chi connectivity index (χ4v) is 2.83. The van der Waals surface area contributed by atoms with Crippen LogP contribution in [0.25, 0.3) is 11.0 Å². The van der Waals surface area contributed by atoms with Gasteiger partial charge in [-0.25, -0.2) is 9.97 Å². The molecule has 0 aliphatic carbocycles. The van der Waals surface area contributed by atoms with Crippen molar-refractivity contribution in [2.24, 2.45) is 13.0 Å². The highest BCUT2D eigenvalue weighted by atomic mass is 16.3. The lowest BCUT2D eigenvalue weighted by Gasteiger charge is -2.21. The van der Waals surface area contributed by atoms with E-state index in [0.29, 0.717) is 12.1 Å². The number of nitrogens with one attached hydrogen (secondary N) is 1. The van der Waals surface area contributed by atoms with Crippen LogP contribution in [-0.2, 0) is 13.6 Å². The zero-order valence-electron chi connectivity index (χ0n) is 14.5. The molecule has 25 heavy (non-hydrogen) atoms. The molecule has 2 aromatic heterocycles. The van der Waals surface area contributed by atoms with Crippen LogP contribution >= 0.6 is 0 Å². The fraction of sp³-hybridized carbons (Fsp3) is 0.412. The van der Waals surface area contributed by atoms with Crippen LogP contribution < -0.4 is 5.32 Å². The van der Waals surface area contributed by atoms with Crippen molar-refractivity contribution in [3.63, 3.8) is 0 Å². The van der Waals surface area contributed by atoms with Crippen LogP contribution in [-0.4, -0.2) is 41.9 Å². The molecule has 0 radical (unpaired) electrons. The molecule has 0 aliphatic heterocycles. The maximum Gasteiger partial charge on any atom is 0.251 e. The van der Waals surface area contributed by atoms with Crippen LogP contribution in [0.4, 0.5) is 0 Å². The van der Waals surface area contributed by atoms with Gasteiger partial charge < -0.3 is 15.0 Å². The Morgan fingerprint density at radius 2 is 2.12 bits per heavy atom. The number of rotatable bonds is 6. The van der Waals surface area contributed by atoms with Crippen molar-refractivity contribution in [1.29, 1.82) is 0 Å². The van der Waals surface area contributed by atoms with Crippen molar-refractivity contribution in [2.75, 3.05) is 6.61 Å². The summed E-state index contributed by atoms with van der Waals surface area (Å²) in [4.78, 5) is 21.3. The Bertz CT molecular complexity index is 882. The Labute approximate surface area is 145 Å². The van der Waals surface area contributed by atoms with Gasteiger partial charge in [0, 0.05) is 19.2 Å². The number of carbonyl (C=O) groups is 1. The van der Waals surface area contributed by atoms with Crippen molar-refractivity contribution in [2.45, 2.75) is 26.4 Å². The van der Waals surface area contributed by atoms with E-state index in [0.717, 1.165) is 16.9 Å². The molecule has 1 aromatic carbocycles. The molecule has 0 bridgehead atoms. The lowest BCUT2D eigenvalue weighted by molar-refractivity contribution is 0.0922. The van der Waals surface area contributed by atoms with Gasteiger partial charge in [0.1, 0.15) is 12.2 Å². The van der Waals surface area contributed by atoms with E-state index in [1.165, 1.54) is 6.33 Å². The van der Waals surface area contributed by atoms with Gasteiger partial charge in [0.15, 0.2) is 0 Å². The predicted octanol–water partition coefficient (Wildman–Crippen LogP) is 1.28. The average molecular weight is 342 g/mol. The second-order valence-electron chi connectivity index (χ2n) is 6.30. The largest absolute Gasteiger partial charge is 0.395 e. The molecule has 0 saturated carbocycles. The number of carbonyl (C=O) groups excluding carboxylic acids is 1. The minimum absolute atomic E-state index is 0.0431. The van der Waals surface area contributed by atoms with Crippen LogP contribution in [0.15, 0.2) is 30.9 Å². The Kier molecular flexibility index (Phi) is 4.80. The minimum atomic E-state index is -0.234. The number of benzene rings is 1. The van der Waals surface area contributed by atoms with Crippen molar-refractivity contribution < 1.29 is 9.90 Å². The molecule has 132 valence electrons. The number of amides is 1. The van der Waals surface area contributed by atoms with E-state index in [2.05, 4.69) is 20.4 Å². The topological polar surface area (TPSA) is 97.9 Å². The van der Waals surface area contributed by atoms with Gasteiger partial charge in [-0.1, -0.05) is 13.8 Å². The second-order valence-corrected chi connectivity index (χ2v) is 6.30. The third-order valence-electron chi connectivity index (χ3n) is 4.20. The summed E-state index contributed by atoms with van der Waals surface area (Å²) in [6, 6.07) is 5.13. The molecular formula is C17H22N6O2. The maximum absolute atomic E-state index is 12.7. The third kappa shape index (κ3) is 3.39. The van der Waals surface area contributed by atoms with E-state index in [1.807, 2.05) is 31.5 Å². The van der Waals surface area contributed by atoms with E-state index in [1.54, 1.807) is 23.1 Å². The zero-order valence-corrected chi connectivity index (χ0v) is 14.5. The minimum Gasteiger partial charge on any atom is -0.395 e. The summed E-state index contributed by atoms with van der Waals surface area (Å²) in [6.07, 6.45) is 3.15. The highest BCUT2D eigenvalue weighted by Crippen LogP contribution is 2.21. The third-order valence-corrected chi connectivity index (χ3v) is 4.20. The van der Waals surface area contributed by atoms with Gasteiger partial charge in [0.25, 0.3) is 5.91 Å². The molecule has 0 aliphatic rings. The summed E-state index contributed by atoms with van der Waals surface area (Å²) in [5, 5.41) is 16.2. The molecular weight excluding hydrogens is 320 g/mol. The Morgan fingerprint density at radius 3 is 2.76 bits per heavy atom. The average Bonchev–Trinajstić information content (AvgIpc) is 3.18. The van der Waals surface area contributed by atoms with Crippen LogP contribution in [0, 0.1) is 5.92 Å². The molecule has 3 rings (SSSR count). The number of hydrogen-bond acceptors (Lipinski definition) is 5. The monoisotopic (exact) mass is 342 g/mol. The highest BCUT2D eigenvalue weighted by Gasteiger charge is 2.23. The van der Waals surface area contributed by atoms with Gasteiger partial charge in [0.05, 0.1) is 30.0 Å². The standard InChI is InChI=1S/C17H22N6O2/c1-11(2)15(16-18-9-20-22(16)3)21-17(25)12-4-5-14-13(8-12)19-10-23(14)6-7-24/h4-5,8-11,15,24H,6-7H2,1-3H3,(H,21,25). The number of imidazole rings is 1. The number of nitrogens with zero attached hydrogens (tertiary/aromatic N) is 5. The smallest absolute Gasteiger partial charge is 0.251 e. The van der Waals surface area contributed by atoms with Crippen LogP contribution in [0.1, 0.15) is 36.1 Å². The second kappa shape index (κ2) is 7.02. The molecule has 8 nitrogen and oxygen atoms in total. The van der Waals surface area contributed by atoms with Crippen LogP contribution in [0.5, 0.6) is 0 Å². The Balaban J connectivity index is 1.84.